The zero-order chi connectivity index (χ0) is 19.3. The van der Waals surface area contributed by atoms with E-state index in [4.69, 9.17) is 0 Å². The molecule has 2 saturated heterocycles. The summed E-state index contributed by atoms with van der Waals surface area (Å²) in [5, 5.41) is 0. The second-order valence-corrected chi connectivity index (χ2v) is 10.2. The molecule has 3 fully saturated rings. The molecule has 0 bridgehead atoms. The van der Waals surface area contributed by atoms with Crippen molar-refractivity contribution in [2.75, 3.05) is 19.3 Å². The summed E-state index contributed by atoms with van der Waals surface area (Å²) in [7, 11) is -3.36. The summed E-state index contributed by atoms with van der Waals surface area (Å²) in [6.45, 7) is 3.09. The number of fused-ring (bicyclic) bond motifs is 1. The molecular weight excluding hydrogens is 364 g/mol. The molecule has 0 aromatic heterocycles. The fourth-order valence-corrected chi connectivity index (χ4v) is 5.18. The minimum Gasteiger partial charge on any atom is -0.338 e. The summed E-state index contributed by atoms with van der Waals surface area (Å²) < 4.78 is 23.7. The van der Waals surface area contributed by atoms with Gasteiger partial charge in [-0.05, 0) is 56.2 Å². The average Bonchev–Trinajstić information content (AvgIpc) is 3.45. The number of nitrogens with zero attached hydrogens (tertiary/aromatic N) is 2. The number of sulfone groups is 1. The van der Waals surface area contributed by atoms with Crippen molar-refractivity contribution in [2.45, 2.75) is 56.0 Å². The zero-order valence-corrected chi connectivity index (χ0v) is 16.7. The summed E-state index contributed by atoms with van der Waals surface area (Å²) in [4.78, 5) is 29.6. The van der Waals surface area contributed by atoms with Crippen LogP contribution in [0.15, 0.2) is 23.1 Å². The van der Waals surface area contributed by atoms with Crippen molar-refractivity contribution in [3.8, 4) is 0 Å². The van der Waals surface area contributed by atoms with E-state index in [9.17, 15) is 18.0 Å². The van der Waals surface area contributed by atoms with E-state index < -0.39 is 9.84 Å². The molecule has 1 aromatic carbocycles. The van der Waals surface area contributed by atoms with E-state index in [0.717, 1.165) is 37.5 Å². The van der Waals surface area contributed by atoms with Gasteiger partial charge in [-0.15, -0.1) is 0 Å². The lowest BCUT2D eigenvalue weighted by Crippen LogP contribution is -2.57. The molecule has 4 rings (SSSR count). The van der Waals surface area contributed by atoms with Crippen molar-refractivity contribution < 1.29 is 18.0 Å². The van der Waals surface area contributed by atoms with Crippen molar-refractivity contribution in [3.05, 3.63) is 29.3 Å². The van der Waals surface area contributed by atoms with Crippen molar-refractivity contribution in [1.82, 2.24) is 9.80 Å². The molecule has 1 aliphatic carbocycles. The first-order valence-electron chi connectivity index (χ1n) is 9.67. The van der Waals surface area contributed by atoms with Crippen molar-refractivity contribution >= 4 is 21.7 Å². The molecule has 2 aliphatic heterocycles. The van der Waals surface area contributed by atoms with Gasteiger partial charge in [0.25, 0.3) is 5.91 Å². The number of carbonyl (C=O) groups excluding carboxylic acids is 2. The highest BCUT2D eigenvalue weighted by Crippen LogP contribution is 2.39. The molecule has 7 heteroatoms. The van der Waals surface area contributed by atoms with Crippen LogP contribution in [0.5, 0.6) is 0 Å². The molecule has 27 heavy (non-hydrogen) atoms. The Morgan fingerprint density at radius 2 is 1.89 bits per heavy atom. The number of hydrogen-bond acceptors (Lipinski definition) is 4. The molecule has 146 valence electrons. The Kier molecular flexibility index (Phi) is 4.53. The molecule has 6 nitrogen and oxygen atoms in total. The Balaban J connectivity index is 1.54. The van der Waals surface area contributed by atoms with Crippen LogP contribution in [0.3, 0.4) is 0 Å². The highest BCUT2D eigenvalue weighted by molar-refractivity contribution is 7.90. The van der Waals surface area contributed by atoms with Crippen molar-refractivity contribution in [2.24, 2.45) is 5.92 Å². The third kappa shape index (κ3) is 3.49. The maximum Gasteiger partial charge on any atom is 0.254 e. The molecule has 0 N–H and O–H groups in total. The van der Waals surface area contributed by atoms with Gasteiger partial charge in [0.05, 0.1) is 4.90 Å². The second kappa shape index (κ2) is 6.62. The Morgan fingerprint density at radius 1 is 1.15 bits per heavy atom. The molecule has 0 unspecified atom stereocenters. The third-order valence-corrected chi connectivity index (χ3v) is 7.27. The average molecular weight is 391 g/mol. The van der Waals surface area contributed by atoms with Crippen LogP contribution in [0.25, 0.3) is 0 Å². The summed E-state index contributed by atoms with van der Waals surface area (Å²) in [5.74, 6) is 0.487. The Labute approximate surface area is 160 Å². The normalized spacial score (nSPS) is 26.1. The maximum absolute atomic E-state index is 13.1. The lowest BCUT2D eigenvalue weighted by molar-refractivity contribution is -0.141. The van der Waals surface area contributed by atoms with Gasteiger partial charge >= 0.3 is 0 Å². The van der Waals surface area contributed by atoms with E-state index in [-0.39, 0.29) is 22.8 Å². The minimum atomic E-state index is -3.36. The van der Waals surface area contributed by atoms with Crippen LogP contribution in [0.4, 0.5) is 0 Å². The lowest BCUT2D eigenvalue weighted by atomic mass is 9.83. The lowest BCUT2D eigenvalue weighted by Gasteiger charge is -2.47. The van der Waals surface area contributed by atoms with Crippen LogP contribution in [-0.2, 0) is 14.6 Å². The Morgan fingerprint density at radius 3 is 2.56 bits per heavy atom. The first-order chi connectivity index (χ1) is 12.8. The second-order valence-electron chi connectivity index (χ2n) is 8.19. The molecule has 2 heterocycles. The monoisotopic (exact) mass is 390 g/mol. The van der Waals surface area contributed by atoms with Gasteiger partial charge in [0.15, 0.2) is 9.84 Å². The smallest absolute Gasteiger partial charge is 0.254 e. The maximum atomic E-state index is 13.1. The summed E-state index contributed by atoms with van der Waals surface area (Å²) in [6.07, 6.45) is 5.58. The van der Waals surface area contributed by atoms with Gasteiger partial charge in [-0.3, -0.25) is 9.59 Å². The number of carbonyl (C=O) groups is 2. The van der Waals surface area contributed by atoms with Gasteiger partial charge < -0.3 is 9.80 Å². The number of aryl methyl sites for hydroxylation is 1. The first-order valence-corrected chi connectivity index (χ1v) is 11.6. The number of likely N-dealkylation sites (tertiary alicyclic amines) is 2. The fourth-order valence-electron chi connectivity index (χ4n) is 4.54. The topological polar surface area (TPSA) is 74.8 Å². The standard InChI is InChI=1S/C20H26N2O4S/c1-13-3-7-16(27(2,25)26)11-17(13)20(24)21-10-9-18-14(12-21)4-8-19(23)22(18)15-5-6-15/h3,7,11,14-15,18H,4-6,8-10,12H2,1-2H3/t14-,18-/m1/s1. The van der Waals surface area contributed by atoms with Crippen LogP contribution >= 0.6 is 0 Å². The van der Waals surface area contributed by atoms with Gasteiger partial charge in [0, 0.05) is 43.4 Å². The van der Waals surface area contributed by atoms with Crippen LogP contribution in [0.2, 0.25) is 0 Å². The number of hydrogen-bond donors (Lipinski definition) is 0. The Bertz CT molecular complexity index is 891. The van der Waals surface area contributed by atoms with Crippen molar-refractivity contribution in [3.63, 3.8) is 0 Å². The van der Waals surface area contributed by atoms with Gasteiger partial charge in [0.2, 0.25) is 5.91 Å². The summed E-state index contributed by atoms with van der Waals surface area (Å²) in [6, 6.07) is 5.42. The van der Waals surface area contributed by atoms with E-state index in [1.807, 2.05) is 11.8 Å². The van der Waals surface area contributed by atoms with E-state index >= 15 is 0 Å². The van der Waals surface area contributed by atoms with E-state index in [1.165, 1.54) is 6.07 Å². The molecule has 0 spiro atoms. The largest absolute Gasteiger partial charge is 0.338 e. The first kappa shape index (κ1) is 18.5. The molecule has 0 radical (unpaired) electrons. The molecular formula is C20H26N2O4S. The number of amides is 2. The van der Waals surface area contributed by atoms with E-state index in [0.29, 0.717) is 37.0 Å². The summed E-state index contributed by atoms with van der Waals surface area (Å²) >= 11 is 0. The quantitative estimate of drug-likeness (QED) is 0.791. The molecule has 3 aliphatic rings. The van der Waals surface area contributed by atoms with Crippen LogP contribution in [0.1, 0.15) is 48.0 Å². The van der Waals surface area contributed by atoms with Crippen LogP contribution < -0.4 is 0 Å². The van der Waals surface area contributed by atoms with Crippen LogP contribution in [-0.4, -0.2) is 61.5 Å². The zero-order valence-electron chi connectivity index (χ0n) is 15.8. The predicted octanol–water partition coefficient (Wildman–Crippen LogP) is 2.01. The summed E-state index contributed by atoms with van der Waals surface area (Å²) in [5.41, 5.74) is 1.25. The number of benzene rings is 1. The number of piperidine rings is 2. The van der Waals surface area contributed by atoms with Gasteiger partial charge in [-0.25, -0.2) is 8.42 Å². The van der Waals surface area contributed by atoms with E-state index in [1.54, 1.807) is 12.1 Å². The Hall–Kier alpha value is -1.89. The molecule has 1 aromatic rings. The van der Waals surface area contributed by atoms with Crippen molar-refractivity contribution in [1.29, 1.82) is 0 Å². The third-order valence-electron chi connectivity index (χ3n) is 6.16. The van der Waals surface area contributed by atoms with Gasteiger partial charge in [0.1, 0.15) is 0 Å². The van der Waals surface area contributed by atoms with Gasteiger partial charge in [-0.1, -0.05) is 6.07 Å². The SMILES string of the molecule is Cc1ccc(S(C)(=O)=O)cc1C(=O)N1CC[C@@H]2[C@H](CCC(=O)N2C2CC2)C1. The minimum absolute atomic E-state index is 0.105. The fraction of sp³-hybridized carbons (Fsp3) is 0.600. The molecule has 2 atom stereocenters. The van der Waals surface area contributed by atoms with Gasteiger partial charge in [-0.2, -0.15) is 0 Å². The van der Waals surface area contributed by atoms with E-state index in [2.05, 4.69) is 4.90 Å². The predicted molar refractivity (Wildman–Crippen MR) is 101 cm³/mol. The van der Waals surface area contributed by atoms with Crippen LogP contribution in [0, 0.1) is 12.8 Å². The highest BCUT2D eigenvalue weighted by atomic mass is 32.2. The molecule has 2 amide bonds. The number of rotatable bonds is 3. The molecule has 1 saturated carbocycles. The highest BCUT2D eigenvalue weighted by Gasteiger charge is 2.45.